The molecule has 0 amide bonds. The molecule has 0 heterocycles. The first-order valence-corrected chi connectivity index (χ1v) is 3.40. The third-order valence-electron chi connectivity index (χ3n) is 1.23. The van der Waals surface area contributed by atoms with Crippen molar-refractivity contribution in [3.63, 3.8) is 0 Å². The lowest BCUT2D eigenvalue weighted by atomic mass is 10.2. The Morgan fingerprint density at radius 2 is 2.33 bits per heavy atom. The summed E-state index contributed by atoms with van der Waals surface area (Å²) in [5.74, 6) is 0. The number of halogens is 1. The zero-order valence-electron chi connectivity index (χ0n) is 5.90. The zero-order chi connectivity index (χ0) is 8.97. The van der Waals surface area contributed by atoms with Gasteiger partial charge >= 0.3 is 0 Å². The average Bonchev–Trinajstić information content (AvgIpc) is 2.09. The Kier molecular flexibility index (Phi) is 2.54. The van der Waals surface area contributed by atoms with Crippen molar-refractivity contribution in [1.29, 1.82) is 5.26 Å². The lowest BCUT2D eigenvalue weighted by Crippen LogP contribution is -1.72. The number of benzene rings is 1. The molecule has 0 aliphatic rings. The summed E-state index contributed by atoms with van der Waals surface area (Å²) in [4.78, 5) is 2.58. The summed E-state index contributed by atoms with van der Waals surface area (Å²) in [7, 11) is 0. The minimum absolute atomic E-state index is 0.284. The van der Waals surface area contributed by atoms with Gasteiger partial charge in [0.15, 0.2) is 0 Å². The van der Waals surface area contributed by atoms with E-state index in [9.17, 15) is 0 Å². The van der Waals surface area contributed by atoms with Gasteiger partial charge in [-0.1, -0.05) is 16.7 Å². The molecular weight excluding hydrogens is 176 g/mol. The van der Waals surface area contributed by atoms with Gasteiger partial charge in [0, 0.05) is 4.91 Å². The molecule has 0 fully saturated rings. The van der Waals surface area contributed by atoms with Crippen LogP contribution in [0.4, 0.5) is 5.69 Å². The van der Waals surface area contributed by atoms with Crippen LogP contribution in [0.1, 0.15) is 5.56 Å². The van der Waals surface area contributed by atoms with E-state index in [2.05, 4.69) is 10.0 Å². The van der Waals surface area contributed by atoms with Gasteiger partial charge in [-0.25, -0.2) is 0 Å². The lowest BCUT2D eigenvalue weighted by molar-refractivity contribution is 1.44. The van der Waals surface area contributed by atoms with Crippen LogP contribution in [0.25, 0.3) is 10.4 Å². The highest BCUT2D eigenvalue weighted by molar-refractivity contribution is 6.33. The maximum atomic E-state index is 8.47. The standard InChI is InChI=1S/C7H3ClN4/c8-6-3-5(4-9)1-2-7(6)11-12-10/h1-3H. The van der Waals surface area contributed by atoms with Gasteiger partial charge in [-0.3, -0.25) is 0 Å². The second kappa shape index (κ2) is 3.63. The number of hydrogen-bond acceptors (Lipinski definition) is 2. The summed E-state index contributed by atoms with van der Waals surface area (Å²) in [6.45, 7) is 0. The van der Waals surface area contributed by atoms with E-state index >= 15 is 0 Å². The van der Waals surface area contributed by atoms with Crippen LogP contribution in [-0.4, -0.2) is 0 Å². The summed E-state index contributed by atoms with van der Waals surface area (Å²) in [5, 5.41) is 12.1. The number of hydrogen-bond donors (Lipinski definition) is 0. The Bertz CT molecular complexity index is 387. The summed E-state index contributed by atoms with van der Waals surface area (Å²) in [5.41, 5.74) is 8.88. The molecule has 0 bridgehead atoms. The minimum atomic E-state index is 0.284. The van der Waals surface area contributed by atoms with Crippen molar-refractivity contribution in [2.24, 2.45) is 5.11 Å². The van der Waals surface area contributed by atoms with Crippen LogP contribution in [0.5, 0.6) is 0 Å². The maximum Gasteiger partial charge on any atom is 0.0992 e. The number of rotatable bonds is 1. The molecule has 5 heteroatoms. The Balaban J connectivity index is 3.22. The van der Waals surface area contributed by atoms with Crippen LogP contribution >= 0.6 is 11.6 Å². The molecule has 1 rings (SSSR count). The largest absolute Gasteiger partial charge is 0.192 e. The van der Waals surface area contributed by atoms with Crippen molar-refractivity contribution in [3.8, 4) is 6.07 Å². The third kappa shape index (κ3) is 1.67. The smallest absolute Gasteiger partial charge is 0.0992 e. The highest BCUT2D eigenvalue weighted by Crippen LogP contribution is 2.25. The fourth-order valence-corrected chi connectivity index (χ4v) is 0.924. The Morgan fingerprint density at radius 1 is 1.58 bits per heavy atom. The SMILES string of the molecule is N#Cc1ccc(N=[N+]=[N-])c(Cl)c1. The second-order valence-corrected chi connectivity index (χ2v) is 2.37. The molecule has 0 aliphatic carbocycles. The first-order valence-electron chi connectivity index (χ1n) is 3.02. The molecular formula is C7H3ClN4. The van der Waals surface area contributed by atoms with Gasteiger partial charge in [0.2, 0.25) is 0 Å². The first kappa shape index (κ1) is 8.41. The molecule has 58 valence electrons. The van der Waals surface area contributed by atoms with Gasteiger partial charge in [-0.05, 0) is 23.7 Å². The van der Waals surface area contributed by atoms with Gasteiger partial charge in [-0.15, -0.1) is 0 Å². The highest BCUT2D eigenvalue weighted by atomic mass is 35.5. The van der Waals surface area contributed by atoms with Gasteiger partial charge < -0.3 is 0 Å². The molecule has 4 nitrogen and oxygen atoms in total. The van der Waals surface area contributed by atoms with E-state index in [0.717, 1.165) is 0 Å². The molecule has 0 spiro atoms. The van der Waals surface area contributed by atoms with Crippen LogP contribution in [-0.2, 0) is 0 Å². The number of nitriles is 1. The average molecular weight is 179 g/mol. The zero-order valence-corrected chi connectivity index (χ0v) is 6.65. The predicted molar refractivity (Wildman–Crippen MR) is 45.0 cm³/mol. The molecule has 0 atom stereocenters. The number of azide groups is 1. The van der Waals surface area contributed by atoms with E-state index in [0.29, 0.717) is 11.3 Å². The van der Waals surface area contributed by atoms with E-state index in [-0.39, 0.29) is 5.02 Å². The molecule has 0 unspecified atom stereocenters. The summed E-state index contributed by atoms with van der Waals surface area (Å²) in [6.07, 6.45) is 0. The lowest BCUT2D eigenvalue weighted by Gasteiger charge is -1.94. The van der Waals surface area contributed by atoms with Crippen LogP contribution in [0.15, 0.2) is 23.3 Å². The van der Waals surface area contributed by atoms with E-state index in [1.807, 2.05) is 6.07 Å². The highest BCUT2D eigenvalue weighted by Gasteiger charge is 1.98. The van der Waals surface area contributed by atoms with Gasteiger partial charge in [0.1, 0.15) is 0 Å². The van der Waals surface area contributed by atoms with Crippen LogP contribution < -0.4 is 0 Å². The van der Waals surface area contributed by atoms with Crippen molar-refractivity contribution in [1.82, 2.24) is 0 Å². The maximum absolute atomic E-state index is 8.47. The van der Waals surface area contributed by atoms with Crippen molar-refractivity contribution in [3.05, 3.63) is 39.2 Å². The van der Waals surface area contributed by atoms with Crippen molar-refractivity contribution < 1.29 is 0 Å². The molecule has 1 aromatic rings. The van der Waals surface area contributed by atoms with Gasteiger partial charge in [0.05, 0.1) is 22.3 Å². The first-order chi connectivity index (χ1) is 5.77. The van der Waals surface area contributed by atoms with E-state index in [4.69, 9.17) is 22.4 Å². The van der Waals surface area contributed by atoms with Crippen LogP contribution in [0.2, 0.25) is 5.02 Å². The normalized spacial score (nSPS) is 8.33. The fraction of sp³-hybridized carbons (Fsp3) is 0. The van der Waals surface area contributed by atoms with E-state index < -0.39 is 0 Å². The quantitative estimate of drug-likeness (QED) is 0.370. The second-order valence-electron chi connectivity index (χ2n) is 1.97. The van der Waals surface area contributed by atoms with E-state index in [1.54, 1.807) is 0 Å². The predicted octanol–water partition coefficient (Wildman–Crippen LogP) is 3.15. The molecule has 0 aliphatic heterocycles. The molecule has 0 N–H and O–H groups in total. The van der Waals surface area contributed by atoms with Gasteiger partial charge in [0.25, 0.3) is 0 Å². The Morgan fingerprint density at radius 3 is 2.83 bits per heavy atom. The van der Waals surface area contributed by atoms with Crippen molar-refractivity contribution >= 4 is 17.3 Å². The molecule has 0 radical (unpaired) electrons. The molecule has 0 aromatic heterocycles. The van der Waals surface area contributed by atoms with Crippen molar-refractivity contribution in [2.75, 3.05) is 0 Å². The molecule has 0 saturated heterocycles. The monoisotopic (exact) mass is 178 g/mol. The topological polar surface area (TPSA) is 72.5 Å². The minimum Gasteiger partial charge on any atom is -0.192 e. The molecule has 1 aromatic carbocycles. The number of nitrogens with zero attached hydrogens (tertiary/aromatic N) is 4. The van der Waals surface area contributed by atoms with Crippen molar-refractivity contribution in [2.45, 2.75) is 0 Å². The van der Waals surface area contributed by atoms with Gasteiger partial charge in [-0.2, -0.15) is 5.26 Å². The molecule has 12 heavy (non-hydrogen) atoms. The Labute approximate surface area is 73.6 Å². The van der Waals surface area contributed by atoms with E-state index in [1.165, 1.54) is 18.2 Å². The Hall–Kier alpha value is -1.69. The molecule has 0 saturated carbocycles. The summed E-state index contributed by atoms with van der Waals surface area (Å²) in [6, 6.07) is 6.41. The summed E-state index contributed by atoms with van der Waals surface area (Å²) >= 11 is 5.67. The van der Waals surface area contributed by atoms with Crippen LogP contribution in [0.3, 0.4) is 0 Å². The fourth-order valence-electron chi connectivity index (χ4n) is 0.706. The summed E-state index contributed by atoms with van der Waals surface area (Å²) < 4.78 is 0. The third-order valence-corrected chi connectivity index (χ3v) is 1.53. The van der Waals surface area contributed by atoms with Crippen LogP contribution in [0, 0.1) is 11.3 Å².